The third kappa shape index (κ3) is 3.30. The Morgan fingerprint density at radius 2 is 2.11 bits per heavy atom. The highest BCUT2D eigenvalue weighted by Crippen LogP contribution is 2.30. The lowest BCUT2D eigenvalue weighted by atomic mass is 10.1. The number of hydrazine groups is 1. The fourth-order valence-corrected chi connectivity index (χ4v) is 2.51. The summed E-state index contributed by atoms with van der Waals surface area (Å²) in [5.41, 5.74) is 2.52. The Morgan fingerprint density at radius 3 is 2.61 bits per heavy atom. The predicted octanol–water partition coefficient (Wildman–Crippen LogP) is 1.51. The van der Waals surface area contributed by atoms with Crippen LogP contribution in [0.5, 0.6) is 0 Å². The van der Waals surface area contributed by atoms with Gasteiger partial charge >= 0.3 is 0 Å². The fourth-order valence-electron chi connectivity index (χ4n) is 1.96. The molecule has 1 rings (SSSR count). The monoisotopic (exact) mass is 317 g/mol. The summed E-state index contributed by atoms with van der Waals surface area (Å²) < 4.78 is 0.716. The molecular weight excluding hydrogens is 298 g/mol. The molecule has 0 radical (unpaired) electrons. The number of aromatic nitrogens is 2. The van der Waals surface area contributed by atoms with E-state index < -0.39 is 0 Å². The molecular formula is C11H20BrN5O. The Hall–Kier alpha value is -0.920. The maximum absolute atomic E-state index is 9.21. The normalized spacial score (nSPS) is 10.8. The highest BCUT2D eigenvalue weighted by atomic mass is 79.9. The molecule has 0 saturated heterocycles. The molecule has 7 heteroatoms. The van der Waals surface area contributed by atoms with Crippen molar-refractivity contribution in [2.45, 2.75) is 32.7 Å². The largest absolute Gasteiger partial charge is 0.395 e. The minimum Gasteiger partial charge on any atom is -0.395 e. The number of nitrogen functional groups attached to an aromatic ring is 1. The van der Waals surface area contributed by atoms with Gasteiger partial charge in [0.05, 0.1) is 6.61 Å². The van der Waals surface area contributed by atoms with E-state index >= 15 is 0 Å². The van der Waals surface area contributed by atoms with Crippen molar-refractivity contribution in [1.29, 1.82) is 0 Å². The maximum Gasteiger partial charge on any atom is 0.159 e. The molecule has 4 N–H and O–H groups in total. The zero-order valence-corrected chi connectivity index (χ0v) is 12.3. The van der Waals surface area contributed by atoms with Crippen molar-refractivity contribution in [3.8, 4) is 0 Å². The number of nitrogens with zero attached hydrogens (tertiary/aromatic N) is 3. The molecule has 0 spiro atoms. The SMILES string of the molecule is CCC(CC)N(CCO)c1ncnc(NN)c1Br. The van der Waals surface area contributed by atoms with Crippen molar-refractivity contribution in [3.05, 3.63) is 10.8 Å². The Balaban J connectivity index is 3.12. The van der Waals surface area contributed by atoms with Gasteiger partial charge in [0.15, 0.2) is 5.82 Å². The number of halogens is 1. The smallest absolute Gasteiger partial charge is 0.159 e. The van der Waals surface area contributed by atoms with Crippen molar-refractivity contribution >= 4 is 27.6 Å². The average molecular weight is 318 g/mol. The minimum absolute atomic E-state index is 0.0817. The Kier molecular flexibility index (Phi) is 6.31. The number of nitrogens with two attached hydrogens (primary N) is 1. The van der Waals surface area contributed by atoms with E-state index in [1.807, 2.05) is 0 Å². The van der Waals surface area contributed by atoms with E-state index in [2.05, 4.69) is 50.1 Å². The summed E-state index contributed by atoms with van der Waals surface area (Å²) in [4.78, 5) is 10.4. The van der Waals surface area contributed by atoms with Gasteiger partial charge in [0, 0.05) is 12.6 Å². The molecule has 1 aromatic heterocycles. The molecule has 0 aromatic carbocycles. The van der Waals surface area contributed by atoms with Gasteiger partial charge in [-0.25, -0.2) is 15.8 Å². The third-order valence-electron chi connectivity index (χ3n) is 2.90. The first-order valence-electron chi connectivity index (χ1n) is 6.04. The molecule has 0 aliphatic carbocycles. The number of anilines is 2. The number of rotatable bonds is 7. The maximum atomic E-state index is 9.21. The van der Waals surface area contributed by atoms with Crippen LogP contribution in [0.4, 0.5) is 11.6 Å². The number of aliphatic hydroxyl groups excluding tert-OH is 1. The first kappa shape index (κ1) is 15.1. The van der Waals surface area contributed by atoms with E-state index in [1.165, 1.54) is 6.33 Å². The highest BCUT2D eigenvalue weighted by molar-refractivity contribution is 9.10. The van der Waals surface area contributed by atoms with Gasteiger partial charge in [0.25, 0.3) is 0 Å². The quantitative estimate of drug-likeness (QED) is 0.522. The first-order chi connectivity index (χ1) is 8.69. The van der Waals surface area contributed by atoms with E-state index in [4.69, 9.17) is 5.84 Å². The summed E-state index contributed by atoms with van der Waals surface area (Å²) in [6.45, 7) is 4.86. The van der Waals surface area contributed by atoms with Gasteiger partial charge in [-0.05, 0) is 28.8 Å². The molecule has 0 bridgehead atoms. The van der Waals surface area contributed by atoms with E-state index in [0.717, 1.165) is 18.7 Å². The van der Waals surface area contributed by atoms with Crippen LogP contribution in [0.3, 0.4) is 0 Å². The van der Waals surface area contributed by atoms with Crippen LogP contribution in [-0.2, 0) is 0 Å². The second-order valence-electron chi connectivity index (χ2n) is 3.89. The average Bonchev–Trinajstić information content (AvgIpc) is 2.39. The van der Waals surface area contributed by atoms with Crippen LogP contribution in [-0.4, -0.2) is 34.3 Å². The second-order valence-corrected chi connectivity index (χ2v) is 4.68. The molecule has 0 fully saturated rings. The third-order valence-corrected chi connectivity index (χ3v) is 3.63. The lowest BCUT2D eigenvalue weighted by molar-refractivity contribution is 0.295. The number of hydrogen-bond donors (Lipinski definition) is 3. The topological polar surface area (TPSA) is 87.3 Å². The number of hydrogen-bond acceptors (Lipinski definition) is 6. The van der Waals surface area contributed by atoms with E-state index in [-0.39, 0.29) is 6.61 Å². The van der Waals surface area contributed by atoms with Crippen LogP contribution < -0.4 is 16.2 Å². The molecule has 102 valence electrons. The summed E-state index contributed by atoms with van der Waals surface area (Å²) in [7, 11) is 0. The van der Waals surface area contributed by atoms with Gasteiger partial charge in [0.1, 0.15) is 16.6 Å². The van der Waals surface area contributed by atoms with Crippen LogP contribution >= 0.6 is 15.9 Å². The number of nitrogens with one attached hydrogen (secondary N) is 1. The van der Waals surface area contributed by atoms with Crippen LogP contribution in [0.2, 0.25) is 0 Å². The molecule has 0 unspecified atom stereocenters. The lowest BCUT2D eigenvalue weighted by Crippen LogP contribution is -2.37. The zero-order chi connectivity index (χ0) is 13.5. The summed E-state index contributed by atoms with van der Waals surface area (Å²) in [6.07, 6.45) is 3.43. The second kappa shape index (κ2) is 7.50. The standard InChI is InChI=1S/C11H20BrN5O/c1-3-8(4-2)17(5-6-18)11-9(12)10(16-13)14-7-15-11/h7-8,18H,3-6,13H2,1-2H3,(H,14,15,16). The van der Waals surface area contributed by atoms with Crippen LogP contribution in [0.1, 0.15) is 26.7 Å². The molecule has 1 aromatic rings. The molecule has 1 heterocycles. The van der Waals surface area contributed by atoms with E-state index in [1.54, 1.807) is 0 Å². The molecule has 0 saturated carbocycles. The summed E-state index contributed by atoms with van der Waals surface area (Å²) in [5.74, 6) is 6.68. The molecule has 18 heavy (non-hydrogen) atoms. The fraction of sp³-hybridized carbons (Fsp3) is 0.636. The van der Waals surface area contributed by atoms with Crippen molar-refractivity contribution in [3.63, 3.8) is 0 Å². The van der Waals surface area contributed by atoms with Gasteiger partial charge in [-0.2, -0.15) is 0 Å². The Morgan fingerprint density at radius 1 is 1.44 bits per heavy atom. The first-order valence-corrected chi connectivity index (χ1v) is 6.83. The molecule has 0 aliphatic heterocycles. The summed E-state index contributed by atoms with van der Waals surface area (Å²) in [6, 6.07) is 0.328. The number of aliphatic hydroxyl groups is 1. The van der Waals surface area contributed by atoms with Crippen LogP contribution in [0.15, 0.2) is 10.8 Å². The van der Waals surface area contributed by atoms with Crippen molar-refractivity contribution in [1.82, 2.24) is 9.97 Å². The molecule has 0 amide bonds. The minimum atomic E-state index is 0.0817. The van der Waals surface area contributed by atoms with Gasteiger partial charge < -0.3 is 15.4 Å². The zero-order valence-electron chi connectivity index (χ0n) is 10.7. The van der Waals surface area contributed by atoms with Gasteiger partial charge in [-0.15, -0.1) is 0 Å². The van der Waals surface area contributed by atoms with Gasteiger partial charge in [-0.1, -0.05) is 13.8 Å². The van der Waals surface area contributed by atoms with Gasteiger partial charge in [0.2, 0.25) is 0 Å². The lowest BCUT2D eigenvalue weighted by Gasteiger charge is -2.31. The van der Waals surface area contributed by atoms with Crippen molar-refractivity contribution in [2.24, 2.45) is 5.84 Å². The van der Waals surface area contributed by atoms with Crippen LogP contribution in [0.25, 0.3) is 0 Å². The molecule has 6 nitrogen and oxygen atoms in total. The molecule has 0 atom stereocenters. The molecule has 0 aliphatic rings. The Bertz CT molecular complexity index is 372. The van der Waals surface area contributed by atoms with Crippen molar-refractivity contribution in [2.75, 3.05) is 23.5 Å². The summed E-state index contributed by atoms with van der Waals surface area (Å²) in [5, 5.41) is 9.21. The highest BCUT2D eigenvalue weighted by Gasteiger charge is 2.20. The predicted molar refractivity (Wildman–Crippen MR) is 76.3 cm³/mol. The van der Waals surface area contributed by atoms with Crippen LogP contribution in [0, 0.1) is 0 Å². The van der Waals surface area contributed by atoms with Crippen molar-refractivity contribution < 1.29 is 5.11 Å². The van der Waals surface area contributed by atoms with Gasteiger partial charge in [-0.3, -0.25) is 0 Å². The summed E-state index contributed by atoms with van der Waals surface area (Å²) >= 11 is 3.45. The van der Waals surface area contributed by atoms with E-state index in [0.29, 0.717) is 22.9 Å². The Labute approximate surface area is 116 Å². The van der Waals surface area contributed by atoms with E-state index in [9.17, 15) is 5.11 Å².